The average molecular weight is 439 g/mol. The Hall–Kier alpha value is -1.40. The standard InChI is InChI=1S/C22H34N2O3S.2CH4/c1-18-11-13-21(14-12-18)28(26,27)24-17-7-10-20(24)15-16-23-22(25)19-8-5-3-2-4-6-9-19;;/h11-14,19-20H,2-10,15-17H2,1H3,(H,23,25);2*1H4. The third kappa shape index (κ3) is 6.81. The van der Waals surface area contributed by atoms with Crippen LogP contribution in [0.2, 0.25) is 0 Å². The second-order valence-corrected chi connectivity index (χ2v) is 10.2. The third-order valence-electron chi connectivity index (χ3n) is 6.20. The van der Waals surface area contributed by atoms with E-state index in [1.165, 1.54) is 19.3 Å². The van der Waals surface area contributed by atoms with Crippen LogP contribution in [0.1, 0.15) is 84.6 Å². The van der Waals surface area contributed by atoms with Crippen molar-refractivity contribution in [1.82, 2.24) is 9.62 Å². The van der Waals surface area contributed by atoms with Gasteiger partial charge in [0.1, 0.15) is 0 Å². The Morgan fingerprint density at radius 1 is 0.967 bits per heavy atom. The van der Waals surface area contributed by atoms with E-state index in [1.54, 1.807) is 16.4 Å². The SMILES string of the molecule is C.C.Cc1ccc(S(=O)(=O)N2CCCC2CCNC(=O)C2CCCCCCC2)cc1. The molecule has 30 heavy (non-hydrogen) atoms. The average Bonchev–Trinajstić information content (AvgIpc) is 3.11. The van der Waals surface area contributed by atoms with E-state index >= 15 is 0 Å². The van der Waals surface area contributed by atoms with E-state index in [4.69, 9.17) is 0 Å². The Balaban J connectivity index is 0.00000225. The van der Waals surface area contributed by atoms with Crippen LogP contribution < -0.4 is 5.32 Å². The van der Waals surface area contributed by atoms with Gasteiger partial charge in [0.2, 0.25) is 15.9 Å². The number of benzene rings is 1. The number of sulfonamides is 1. The van der Waals surface area contributed by atoms with Crippen molar-refractivity contribution in [2.45, 2.75) is 96.9 Å². The van der Waals surface area contributed by atoms with E-state index in [0.717, 1.165) is 44.1 Å². The first-order valence-corrected chi connectivity index (χ1v) is 12.3. The van der Waals surface area contributed by atoms with E-state index < -0.39 is 10.0 Å². The summed E-state index contributed by atoms with van der Waals surface area (Å²) in [7, 11) is -3.46. The largest absolute Gasteiger partial charge is 0.356 e. The van der Waals surface area contributed by atoms with Crippen molar-refractivity contribution in [3.8, 4) is 0 Å². The first-order chi connectivity index (χ1) is 13.5. The minimum Gasteiger partial charge on any atom is -0.356 e. The third-order valence-corrected chi connectivity index (χ3v) is 8.17. The lowest BCUT2D eigenvalue weighted by Crippen LogP contribution is -2.39. The molecule has 1 N–H and O–H groups in total. The van der Waals surface area contributed by atoms with Gasteiger partial charge in [0.05, 0.1) is 4.90 Å². The number of hydrogen-bond donors (Lipinski definition) is 1. The maximum Gasteiger partial charge on any atom is 0.243 e. The zero-order valence-electron chi connectivity index (χ0n) is 17.0. The summed E-state index contributed by atoms with van der Waals surface area (Å²) in [4.78, 5) is 12.9. The minimum absolute atomic E-state index is 0. The van der Waals surface area contributed by atoms with E-state index in [1.807, 2.05) is 19.1 Å². The van der Waals surface area contributed by atoms with Gasteiger partial charge in [-0.15, -0.1) is 0 Å². The summed E-state index contributed by atoms with van der Waals surface area (Å²) < 4.78 is 27.7. The zero-order chi connectivity index (χ0) is 20.0. The number of amides is 1. The lowest BCUT2D eigenvalue weighted by atomic mass is 9.90. The molecule has 0 bridgehead atoms. The molecule has 6 heteroatoms. The van der Waals surface area contributed by atoms with Crippen LogP contribution in [0, 0.1) is 12.8 Å². The van der Waals surface area contributed by atoms with Crippen LogP contribution in [-0.4, -0.2) is 37.8 Å². The van der Waals surface area contributed by atoms with E-state index in [0.29, 0.717) is 24.4 Å². The molecule has 2 fully saturated rings. The number of aryl methyl sites for hydroxylation is 1. The molecule has 1 heterocycles. The lowest BCUT2D eigenvalue weighted by Gasteiger charge is -2.25. The molecule has 172 valence electrons. The highest BCUT2D eigenvalue weighted by Crippen LogP contribution is 2.28. The molecule has 1 saturated heterocycles. The molecule has 5 nitrogen and oxygen atoms in total. The number of rotatable bonds is 6. The molecule has 1 aromatic rings. The van der Waals surface area contributed by atoms with Gasteiger partial charge < -0.3 is 5.32 Å². The van der Waals surface area contributed by atoms with Gasteiger partial charge >= 0.3 is 0 Å². The fourth-order valence-electron chi connectivity index (χ4n) is 4.48. The number of hydrogen-bond acceptors (Lipinski definition) is 3. The Labute approximate surface area is 184 Å². The van der Waals surface area contributed by atoms with Crippen molar-refractivity contribution < 1.29 is 13.2 Å². The van der Waals surface area contributed by atoms with E-state index in [2.05, 4.69) is 5.32 Å². The minimum atomic E-state index is -3.46. The summed E-state index contributed by atoms with van der Waals surface area (Å²) in [5, 5.41) is 3.09. The molecule has 1 atom stereocenters. The van der Waals surface area contributed by atoms with E-state index in [9.17, 15) is 13.2 Å². The molecule has 0 spiro atoms. The predicted octanol–water partition coefficient (Wildman–Crippen LogP) is 5.29. The highest BCUT2D eigenvalue weighted by atomic mass is 32.2. The molecular weight excluding hydrogens is 396 g/mol. The van der Waals surface area contributed by atoms with Crippen LogP contribution in [0.4, 0.5) is 0 Å². The normalized spacial score (nSPS) is 21.0. The molecule has 0 aromatic heterocycles. The molecule has 1 aliphatic heterocycles. The molecule has 1 unspecified atom stereocenters. The van der Waals surface area contributed by atoms with Gasteiger partial charge in [0, 0.05) is 25.0 Å². The second-order valence-electron chi connectivity index (χ2n) is 8.35. The van der Waals surface area contributed by atoms with Crippen LogP contribution in [0.15, 0.2) is 29.2 Å². The van der Waals surface area contributed by atoms with Crippen LogP contribution >= 0.6 is 0 Å². The molecule has 3 rings (SSSR count). The van der Waals surface area contributed by atoms with Crippen LogP contribution in [0.25, 0.3) is 0 Å². The van der Waals surface area contributed by atoms with Crippen molar-refractivity contribution in [1.29, 1.82) is 0 Å². The first-order valence-electron chi connectivity index (χ1n) is 10.8. The van der Waals surface area contributed by atoms with Crippen molar-refractivity contribution >= 4 is 15.9 Å². The van der Waals surface area contributed by atoms with Gasteiger partial charge in [-0.1, -0.05) is 64.7 Å². The summed E-state index contributed by atoms with van der Waals surface area (Å²) >= 11 is 0. The maximum absolute atomic E-state index is 13.0. The van der Waals surface area contributed by atoms with Crippen molar-refractivity contribution in [2.75, 3.05) is 13.1 Å². The Bertz CT molecular complexity index is 738. The summed E-state index contributed by atoms with van der Waals surface area (Å²) in [6.07, 6.45) is 10.5. The summed E-state index contributed by atoms with van der Waals surface area (Å²) in [5.74, 6) is 0.295. The summed E-state index contributed by atoms with van der Waals surface area (Å²) in [6, 6.07) is 7.04. The highest BCUT2D eigenvalue weighted by Gasteiger charge is 2.35. The number of nitrogens with one attached hydrogen (secondary N) is 1. The second kappa shape index (κ2) is 12.5. The first kappa shape index (κ1) is 26.6. The number of carbonyl (C=O) groups excluding carboxylic acids is 1. The van der Waals surface area contributed by atoms with Crippen molar-refractivity contribution in [3.05, 3.63) is 29.8 Å². The molecule has 1 aliphatic carbocycles. The molecule has 2 aliphatic rings. The number of nitrogens with zero attached hydrogens (tertiary/aromatic N) is 1. The molecule has 1 aromatic carbocycles. The van der Waals surface area contributed by atoms with Gasteiger partial charge in [-0.05, 0) is 51.2 Å². The Morgan fingerprint density at radius 2 is 1.57 bits per heavy atom. The van der Waals surface area contributed by atoms with E-state index in [-0.39, 0.29) is 32.7 Å². The number of carbonyl (C=O) groups is 1. The zero-order valence-corrected chi connectivity index (χ0v) is 17.8. The molecule has 1 saturated carbocycles. The van der Waals surface area contributed by atoms with Crippen molar-refractivity contribution in [3.63, 3.8) is 0 Å². The fourth-order valence-corrected chi connectivity index (χ4v) is 6.21. The quantitative estimate of drug-likeness (QED) is 0.656. The van der Waals surface area contributed by atoms with Crippen LogP contribution in [0.5, 0.6) is 0 Å². The van der Waals surface area contributed by atoms with Gasteiger partial charge in [0.25, 0.3) is 0 Å². The maximum atomic E-state index is 13.0. The van der Waals surface area contributed by atoms with Crippen LogP contribution in [-0.2, 0) is 14.8 Å². The Morgan fingerprint density at radius 3 is 2.20 bits per heavy atom. The van der Waals surface area contributed by atoms with Crippen molar-refractivity contribution in [2.24, 2.45) is 5.92 Å². The summed E-state index contributed by atoms with van der Waals surface area (Å²) in [6.45, 7) is 3.07. The van der Waals surface area contributed by atoms with Gasteiger partial charge in [-0.2, -0.15) is 4.31 Å². The van der Waals surface area contributed by atoms with Gasteiger partial charge in [-0.25, -0.2) is 8.42 Å². The highest BCUT2D eigenvalue weighted by molar-refractivity contribution is 7.89. The van der Waals surface area contributed by atoms with Gasteiger partial charge in [0.15, 0.2) is 0 Å². The molecule has 1 amide bonds. The molecular formula is C24H42N2O3S. The smallest absolute Gasteiger partial charge is 0.243 e. The molecule has 0 radical (unpaired) electrons. The topological polar surface area (TPSA) is 66.5 Å². The van der Waals surface area contributed by atoms with Gasteiger partial charge in [-0.3, -0.25) is 4.79 Å². The Kier molecular flexibility index (Phi) is 11.1. The predicted molar refractivity (Wildman–Crippen MR) is 125 cm³/mol. The monoisotopic (exact) mass is 438 g/mol. The van der Waals surface area contributed by atoms with Crippen LogP contribution in [0.3, 0.4) is 0 Å². The fraction of sp³-hybridized carbons (Fsp3) is 0.708. The lowest BCUT2D eigenvalue weighted by molar-refractivity contribution is -0.125. The summed E-state index contributed by atoms with van der Waals surface area (Å²) in [5.41, 5.74) is 1.05.